The molecule has 4 nitrogen and oxygen atoms in total. The third-order valence-corrected chi connectivity index (χ3v) is 4.56. The lowest BCUT2D eigenvalue weighted by Crippen LogP contribution is -2.55. The molecule has 0 aliphatic heterocycles. The van der Waals surface area contributed by atoms with Gasteiger partial charge in [-0.2, -0.15) is 0 Å². The quantitative estimate of drug-likeness (QED) is 0.914. The number of rotatable bonds is 4. The summed E-state index contributed by atoms with van der Waals surface area (Å²) in [5.41, 5.74) is 8.43. The highest BCUT2D eigenvalue weighted by Gasteiger charge is 2.43. The fourth-order valence-corrected chi connectivity index (χ4v) is 3.01. The molecule has 0 radical (unpaired) electrons. The first-order valence-electron chi connectivity index (χ1n) is 6.87. The van der Waals surface area contributed by atoms with E-state index in [4.69, 9.17) is 10.5 Å². The van der Waals surface area contributed by atoms with Crippen LogP contribution in [0.15, 0.2) is 24.3 Å². The molecular weight excluding hydrogens is 238 g/mol. The van der Waals surface area contributed by atoms with Crippen molar-refractivity contribution >= 4 is 11.0 Å². The van der Waals surface area contributed by atoms with E-state index in [-0.39, 0.29) is 11.6 Å². The van der Waals surface area contributed by atoms with Crippen LogP contribution >= 0.6 is 0 Å². The Balaban J connectivity index is 1.87. The van der Waals surface area contributed by atoms with Crippen LogP contribution in [0.3, 0.4) is 0 Å². The molecular formula is C15H21N3O. The molecule has 0 amide bonds. The first kappa shape index (κ1) is 12.6. The smallest absolute Gasteiger partial charge is 0.111 e. The predicted octanol–water partition coefficient (Wildman–Crippen LogP) is 2.01. The zero-order chi connectivity index (χ0) is 13.5. The van der Waals surface area contributed by atoms with E-state index in [0.717, 1.165) is 36.1 Å². The van der Waals surface area contributed by atoms with Crippen molar-refractivity contribution in [2.24, 2.45) is 12.8 Å². The lowest BCUT2D eigenvalue weighted by Gasteiger charge is -2.44. The normalized spacial score (nSPS) is 19.3. The number of nitrogens with two attached hydrogens (primary N) is 1. The Morgan fingerprint density at radius 2 is 2.16 bits per heavy atom. The minimum Gasteiger partial charge on any atom is -0.377 e. The molecule has 1 aromatic heterocycles. The van der Waals surface area contributed by atoms with Crippen molar-refractivity contribution in [2.45, 2.75) is 37.3 Å². The van der Waals surface area contributed by atoms with Gasteiger partial charge in [0.15, 0.2) is 0 Å². The number of aryl methyl sites for hydroxylation is 1. The highest BCUT2D eigenvalue weighted by molar-refractivity contribution is 5.75. The highest BCUT2D eigenvalue weighted by Crippen LogP contribution is 2.38. The van der Waals surface area contributed by atoms with Gasteiger partial charge in [-0.3, -0.25) is 0 Å². The second kappa shape index (κ2) is 4.62. The fourth-order valence-electron chi connectivity index (χ4n) is 3.01. The molecule has 0 spiro atoms. The van der Waals surface area contributed by atoms with Gasteiger partial charge in [-0.05, 0) is 31.4 Å². The molecule has 1 fully saturated rings. The summed E-state index contributed by atoms with van der Waals surface area (Å²) < 4.78 is 7.80. The Morgan fingerprint density at radius 1 is 1.42 bits per heavy atom. The van der Waals surface area contributed by atoms with Crippen LogP contribution < -0.4 is 5.73 Å². The average Bonchev–Trinajstić information content (AvgIpc) is 2.66. The minimum atomic E-state index is -0.127. The van der Waals surface area contributed by atoms with Gasteiger partial charge < -0.3 is 15.0 Å². The summed E-state index contributed by atoms with van der Waals surface area (Å²) in [7, 11) is 3.82. The molecule has 1 unspecified atom stereocenters. The van der Waals surface area contributed by atoms with Gasteiger partial charge in [0.1, 0.15) is 5.82 Å². The number of hydrogen-bond donors (Lipinski definition) is 1. The molecule has 1 aliphatic rings. The number of nitrogens with zero attached hydrogens (tertiary/aromatic N) is 2. The summed E-state index contributed by atoms with van der Waals surface area (Å²) in [4.78, 5) is 4.69. The molecule has 0 bridgehead atoms. The van der Waals surface area contributed by atoms with Crippen LogP contribution in [0.1, 0.15) is 25.1 Å². The second-order valence-corrected chi connectivity index (χ2v) is 5.51. The number of ether oxygens (including phenoxy) is 1. The Labute approximate surface area is 113 Å². The zero-order valence-electron chi connectivity index (χ0n) is 11.6. The van der Waals surface area contributed by atoms with Gasteiger partial charge in [0.05, 0.1) is 16.6 Å². The molecule has 1 aliphatic carbocycles. The van der Waals surface area contributed by atoms with Crippen molar-refractivity contribution in [2.75, 3.05) is 7.11 Å². The Hall–Kier alpha value is -1.39. The van der Waals surface area contributed by atoms with Crippen molar-refractivity contribution in [3.63, 3.8) is 0 Å². The van der Waals surface area contributed by atoms with E-state index in [2.05, 4.69) is 22.7 Å². The average molecular weight is 259 g/mol. The molecule has 102 valence electrons. The molecule has 19 heavy (non-hydrogen) atoms. The number of fused-ring (bicyclic) bond motifs is 1. The Morgan fingerprint density at radius 3 is 2.74 bits per heavy atom. The van der Waals surface area contributed by atoms with Gasteiger partial charge in [0.2, 0.25) is 0 Å². The first-order chi connectivity index (χ1) is 9.16. The Bertz CT molecular complexity index is 581. The summed E-state index contributed by atoms with van der Waals surface area (Å²) in [5, 5.41) is 0. The maximum atomic E-state index is 6.37. The van der Waals surface area contributed by atoms with Crippen LogP contribution in [-0.2, 0) is 18.2 Å². The first-order valence-corrected chi connectivity index (χ1v) is 6.87. The third kappa shape index (κ3) is 1.95. The van der Waals surface area contributed by atoms with Gasteiger partial charge in [0.25, 0.3) is 0 Å². The van der Waals surface area contributed by atoms with Crippen LogP contribution in [0.5, 0.6) is 0 Å². The van der Waals surface area contributed by atoms with Crippen molar-refractivity contribution < 1.29 is 4.74 Å². The maximum absolute atomic E-state index is 6.37. The van der Waals surface area contributed by atoms with Crippen molar-refractivity contribution in [1.82, 2.24) is 9.55 Å². The van der Waals surface area contributed by atoms with Gasteiger partial charge in [0, 0.05) is 26.6 Å². The van der Waals surface area contributed by atoms with Crippen molar-refractivity contribution in [3.05, 3.63) is 30.1 Å². The number of hydrogen-bond acceptors (Lipinski definition) is 3. The van der Waals surface area contributed by atoms with Crippen LogP contribution in [0.4, 0.5) is 0 Å². The van der Waals surface area contributed by atoms with Crippen LogP contribution in [0, 0.1) is 0 Å². The molecule has 0 saturated heterocycles. The molecule has 1 atom stereocenters. The fraction of sp³-hybridized carbons (Fsp3) is 0.533. The van der Waals surface area contributed by atoms with Crippen molar-refractivity contribution in [1.29, 1.82) is 0 Å². The topological polar surface area (TPSA) is 53.1 Å². The maximum Gasteiger partial charge on any atom is 0.111 e. The summed E-state index contributed by atoms with van der Waals surface area (Å²) >= 11 is 0. The lowest BCUT2D eigenvalue weighted by molar-refractivity contribution is -0.0901. The SMILES string of the molecule is COC1(C(N)Cc2nc3ccccc3n2C)CCC1. The van der Waals surface area contributed by atoms with Gasteiger partial charge in [-0.25, -0.2) is 4.98 Å². The molecule has 1 aromatic carbocycles. The van der Waals surface area contributed by atoms with E-state index < -0.39 is 0 Å². The summed E-state index contributed by atoms with van der Waals surface area (Å²) in [6, 6.07) is 8.20. The van der Waals surface area contributed by atoms with Crippen molar-refractivity contribution in [3.8, 4) is 0 Å². The van der Waals surface area contributed by atoms with Crippen LogP contribution in [0.25, 0.3) is 11.0 Å². The number of imidazole rings is 1. The van der Waals surface area contributed by atoms with Gasteiger partial charge in [-0.15, -0.1) is 0 Å². The Kier molecular flexibility index (Phi) is 3.07. The summed E-state index contributed by atoms with van der Waals surface area (Å²) in [5.74, 6) is 1.04. The monoisotopic (exact) mass is 259 g/mol. The number of aromatic nitrogens is 2. The predicted molar refractivity (Wildman–Crippen MR) is 76.0 cm³/mol. The highest BCUT2D eigenvalue weighted by atomic mass is 16.5. The molecule has 4 heteroatoms. The molecule has 2 N–H and O–H groups in total. The van der Waals surface area contributed by atoms with Gasteiger partial charge >= 0.3 is 0 Å². The van der Waals surface area contributed by atoms with E-state index in [1.807, 2.05) is 18.2 Å². The van der Waals surface area contributed by atoms with E-state index in [1.54, 1.807) is 7.11 Å². The molecule has 2 aromatic rings. The summed E-state index contributed by atoms with van der Waals surface area (Å²) in [6.45, 7) is 0. The molecule has 1 saturated carbocycles. The zero-order valence-corrected chi connectivity index (χ0v) is 11.6. The third-order valence-electron chi connectivity index (χ3n) is 4.56. The number of benzene rings is 1. The largest absolute Gasteiger partial charge is 0.377 e. The number of methoxy groups -OCH3 is 1. The second-order valence-electron chi connectivity index (χ2n) is 5.51. The molecule has 3 rings (SSSR count). The number of para-hydroxylation sites is 2. The summed E-state index contributed by atoms with van der Waals surface area (Å²) in [6.07, 6.45) is 4.10. The standard InChI is InChI=1S/C15H21N3O/c1-18-12-7-4-3-6-11(12)17-14(18)10-13(16)15(19-2)8-5-9-15/h3-4,6-7,13H,5,8-10,16H2,1-2H3. The van der Waals surface area contributed by atoms with E-state index in [0.29, 0.717) is 0 Å². The van der Waals surface area contributed by atoms with Crippen LogP contribution in [0.2, 0.25) is 0 Å². The minimum absolute atomic E-state index is 0.0155. The van der Waals surface area contributed by atoms with E-state index >= 15 is 0 Å². The van der Waals surface area contributed by atoms with E-state index in [9.17, 15) is 0 Å². The van der Waals surface area contributed by atoms with Crippen LogP contribution in [-0.4, -0.2) is 28.3 Å². The van der Waals surface area contributed by atoms with Gasteiger partial charge in [-0.1, -0.05) is 12.1 Å². The van der Waals surface area contributed by atoms with E-state index in [1.165, 1.54) is 6.42 Å². The lowest BCUT2D eigenvalue weighted by atomic mass is 9.73. The molecule has 1 heterocycles.